The lowest BCUT2D eigenvalue weighted by Crippen LogP contribution is -1.81. The highest BCUT2D eigenvalue weighted by Crippen LogP contribution is 2.32. The highest BCUT2D eigenvalue weighted by Gasteiger charge is 2.10. The number of hydrogen-bond donors (Lipinski definition) is 0. The lowest BCUT2D eigenvalue weighted by Gasteiger charge is -2.01. The van der Waals surface area contributed by atoms with E-state index in [0.29, 0.717) is 0 Å². The summed E-state index contributed by atoms with van der Waals surface area (Å²) >= 11 is 0. The van der Waals surface area contributed by atoms with E-state index in [1.54, 1.807) is 0 Å². The Morgan fingerprint density at radius 3 is 2.91 bits per heavy atom. The van der Waals surface area contributed by atoms with Gasteiger partial charge < -0.3 is 0 Å². The molecule has 1 heteroatoms. The van der Waals surface area contributed by atoms with Crippen LogP contribution in [-0.4, -0.2) is 6.21 Å². The summed E-state index contributed by atoms with van der Waals surface area (Å²) in [5.74, 6) is 0. The third-order valence-electron chi connectivity index (χ3n) is 1.93. The Balaban J connectivity index is 2.74. The van der Waals surface area contributed by atoms with Crippen molar-refractivity contribution in [1.29, 1.82) is 0 Å². The maximum atomic E-state index is 4.22. The van der Waals surface area contributed by atoms with Gasteiger partial charge in [-0.25, -0.2) is 0 Å². The molecule has 11 heavy (non-hydrogen) atoms. The number of allylic oxidation sites excluding steroid dienone is 1. The van der Waals surface area contributed by atoms with Crippen LogP contribution in [0.5, 0.6) is 0 Å². The molecule has 0 aromatic heterocycles. The third-order valence-corrected chi connectivity index (χ3v) is 1.93. The molecule has 1 aliphatic heterocycles. The molecule has 0 atom stereocenters. The van der Waals surface area contributed by atoms with Gasteiger partial charge in [0.05, 0.1) is 5.69 Å². The van der Waals surface area contributed by atoms with Crippen molar-refractivity contribution in [3.05, 3.63) is 35.9 Å². The van der Waals surface area contributed by atoms with Gasteiger partial charge in [0.15, 0.2) is 0 Å². The average molecular weight is 143 g/mol. The van der Waals surface area contributed by atoms with Crippen molar-refractivity contribution in [3.63, 3.8) is 0 Å². The molecule has 54 valence electrons. The molecule has 1 aliphatic rings. The number of aliphatic imine (C=N–C) groups is 1. The Bertz CT molecular complexity index is 348. The Morgan fingerprint density at radius 1 is 1.36 bits per heavy atom. The van der Waals surface area contributed by atoms with Gasteiger partial charge in [-0.2, -0.15) is 0 Å². The highest BCUT2D eigenvalue weighted by atomic mass is 14.8. The first-order chi connectivity index (χ1) is 5.29. The molecule has 0 N–H and O–H groups in total. The molecular formula is C10H9N. The first-order valence-electron chi connectivity index (χ1n) is 3.62. The molecule has 1 aromatic rings. The maximum Gasteiger partial charge on any atom is 0.0711 e. The van der Waals surface area contributed by atoms with Gasteiger partial charge >= 0.3 is 0 Å². The molecule has 1 aromatic carbocycles. The zero-order valence-electron chi connectivity index (χ0n) is 6.46. The molecule has 0 fully saturated rings. The minimum absolute atomic E-state index is 1.03. The van der Waals surface area contributed by atoms with Gasteiger partial charge in [-0.05, 0) is 24.1 Å². The van der Waals surface area contributed by atoms with Crippen molar-refractivity contribution < 1.29 is 0 Å². The Hall–Kier alpha value is -1.37. The predicted octanol–water partition coefficient (Wildman–Crippen LogP) is 2.72. The Labute approximate surface area is 66.1 Å². The first kappa shape index (κ1) is 6.35. The van der Waals surface area contributed by atoms with E-state index in [4.69, 9.17) is 0 Å². The summed E-state index contributed by atoms with van der Waals surface area (Å²) in [6.07, 6.45) is 1.82. The fourth-order valence-electron chi connectivity index (χ4n) is 1.39. The van der Waals surface area contributed by atoms with Crippen molar-refractivity contribution in [1.82, 2.24) is 0 Å². The van der Waals surface area contributed by atoms with Gasteiger partial charge in [0.1, 0.15) is 0 Å². The predicted molar refractivity (Wildman–Crippen MR) is 48.4 cm³/mol. The molecule has 0 radical (unpaired) electrons. The molecule has 2 rings (SSSR count). The minimum atomic E-state index is 1.03. The van der Waals surface area contributed by atoms with Crippen LogP contribution < -0.4 is 0 Å². The number of aryl methyl sites for hydroxylation is 1. The molecule has 0 spiro atoms. The van der Waals surface area contributed by atoms with E-state index in [-0.39, 0.29) is 0 Å². The van der Waals surface area contributed by atoms with Gasteiger partial charge in [0.25, 0.3) is 0 Å². The molecule has 0 unspecified atom stereocenters. The van der Waals surface area contributed by atoms with Gasteiger partial charge in [-0.15, -0.1) is 0 Å². The summed E-state index contributed by atoms with van der Waals surface area (Å²) in [4.78, 5) is 4.22. The van der Waals surface area contributed by atoms with E-state index in [1.807, 2.05) is 18.3 Å². The second kappa shape index (κ2) is 2.06. The van der Waals surface area contributed by atoms with Gasteiger partial charge in [0.2, 0.25) is 0 Å². The number of rotatable bonds is 0. The second-order valence-corrected chi connectivity index (χ2v) is 2.75. The number of nitrogens with zero attached hydrogens (tertiary/aromatic N) is 1. The van der Waals surface area contributed by atoms with Crippen molar-refractivity contribution in [3.8, 4) is 0 Å². The maximum absolute atomic E-state index is 4.22. The van der Waals surface area contributed by atoms with Crippen LogP contribution >= 0.6 is 0 Å². The number of benzene rings is 1. The minimum Gasteiger partial charge on any atom is -0.256 e. The number of fused-ring (bicyclic) bond motifs is 1. The van der Waals surface area contributed by atoms with E-state index >= 15 is 0 Å². The summed E-state index contributed by atoms with van der Waals surface area (Å²) in [6.45, 7) is 5.99. The highest BCUT2D eigenvalue weighted by molar-refractivity contribution is 6.16. The van der Waals surface area contributed by atoms with E-state index in [1.165, 1.54) is 11.1 Å². The van der Waals surface area contributed by atoms with Crippen LogP contribution in [0.1, 0.15) is 11.1 Å². The molecule has 0 saturated heterocycles. The Kier molecular flexibility index (Phi) is 1.19. The number of hydrogen-bond acceptors (Lipinski definition) is 1. The smallest absolute Gasteiger partial charge is 0.0711 e. The van der Waals surface area contributed by atoms with Crippen LogP contribution in [0, 0.1) is 6.92 Å². The lowest BCUT2D eigenvalue weighted by atomic mass is 10.0. The van der Waals surface area contributed by atoms with Crippen molar-refractivity contribution in [2.24, 2.45) is 4.99 Å². The van der Waals surface area contributed by atoms with Crippen LogP contribution in [0.4, 0.5) is 5.69 Å². The summed E-state index contributed by atoms with van der Waals surface area (Å²) in [7, 11) is 0. The molecule has 0 aliphatic carbocycles. The largest absolute Gasteiger partial charge is 0.256 e. The molecular weight excluding hydrogens is 134 g/mol. The Morgan fingerprint density at radius 2 is 2.18 bits per heavy atom. The fourth-order valence-corrected chi connectivity index (χ4v) is 1.39. The second-order valence-electron chi connectivity index (χ2n) is 2.75. The molecule has 1 nitrogen and oxygen atoms in total. The topological polar surface area (TPSA) is 12.4 Å². The molecule has 0 bridgehead atoms. The normalized spacial score (nSPS) is 13.7. The first-order valence-corrected chi connectivity index (χ1v) is 3.62. The van der Waals surface area contributed by atoms with E-state index in [9.17, 15) is 0 Å². The van der Waals surface area contributed by atoms with Crippen LogP contribution in [0.25, 0.3) is 5.57 Å². The van der Waals surface area contributed by atoms with Gasteiger partial charge in [-0.1, -0.05) is 18.7 Å². The quantitative estimate of drug-likeness (QED) is 0.529. The fraction of sp³-hybridized carbons (Fsp3) is 0.100. The van der Waals surface area contributed by atoms with E-state index < -0.39 is 0 Å². The van der Waals surface area contributed by atoms with Crippen LogP contribution in [-0.2, 0) is 0 Å². The van der Waals surface area contributed by atoms with Gasteiger partial charge in [-0.3, -0.25) is 4.99 Å². The van der Waals surface area contributed by atoms with Crippen LogP contribution in [0.2, 0.25) is 0 Å². The van der Waals surface area contributed by atoms with Crippen molar-refractivity contribution in [2.75, 3.05) is 0 Å². The SMILES string of the molecule is C=C1C=Nc2cccc(C)c21. The summed E-state index contributed by atoms with van der Waals surface area (Å²) in [6, 6.07) is 6.11. The molecule has 0 amide bonds. The monoisotopic (exact) mass is 143 g/mol. The summed E-state index contributed by atoms with van der Waals surface area (Å²) in [5.41, 5.74) is 4.53. The lowest BCUT2D eigenvalue weighted by molar-refractivity contribution is 1.42. The van der Waals surface area contributed by atoms with E-state index in [2.05, 4.69) is 24.6 Å². The van der Waals surface area contributed by atoms with Gasteiger partial charge in [0, 0.05) is 11.8 Å². The third kappa shape index (κ3) is 0.811. The van der Waals surface area contributed by atoms with Crippen LogP contribution in [0.3, 0.4) is 0 Å². The summed E-state index contributed by atoms with van der Waals surface area (Å²) < 4.78 is 0. The van der Waals surface area contributed by atoms with Crippen molar-refractivity contribution in [2.45, 2.75) is 6.92 Å². The zero-order valence-corrected chi connectivity index (χ0v) is 6.46. The van der Waals surface area contributed by atoms with Crippen LogP contribution in [0.15, 0.2) is 29.8 Å². The van der Waals surface area contributed by atoms with E-state index in [0.717, 1.165) is 11.3 Å². The molecule has 0 saturated carbocycles. The summed E-state index contributed by atoms with van der Waals surface area (Å²) in [5, 5.41) is 0. The standard InChI is InChI=1S/C10H9N/c1-7-4-3-5-9-10(7)8(2)6-11-9/h3-6H,2H2,1H3. The van der Waals surface area contributed by atoms with Crippen molar-refractivity contribution >= 4 is 17.5 Å². The zero-order chi connectivity index (χ0) is 7.84. The average Bonchev–Trinajstić information content (AvgIpc) is 2.34. The molecule has 1 heterocycles.